The molecule has 106 valence electrons. The average Bonchev–Trinajstić information content (AvgIpc) is 2.38. The third-order valence-corrected chi connectivity index (χ3v) is 4.21. The van der Waals surface area contributed by atoms with Gasteiger partial charge in [0.15, 0.2) is 0 Å². The second-order valence-corrected chi connectivity index (χ2v) is 6.12. The van der Waals surface area contributed by atoms with Crippen molar-refractivity contribution in [1.29, 1.82) is 0 Å². The molecule has 0 saturated carbocycles. The van der Waals surface area contributed by atoms with E-state index in [4.69, 9.17) is 28.9 Å². The predicted molar refractivity (Wildman–Crippen MR) is 87.9 cm³/mol. The lowest BCUT2D eigenvalue weighted by Crippen LogP contribution is -2.15. The van der Waals surface area contributed by atoms with Gasteiger partial charge in [0.1, 0.15) is 0 Å². The number of nitrogens with two attached hydrogens (primary N) is 1. The van der Waals surface area contributed by atoms with Crippen molar-refractivity contribution in [3.05, 3.63) is 68.7 Å². The van der Waals surface area contributed by atoms with Crippen LogP contribution in [0.3, 0.4) is 0 Å². The van der Waals surface area contributed by atoms with E-state index in [1.54, 1.807) is 0 Å². The lowest BCUT2D eigenvalue weighted by atomic mass is 9.90. The van der Waals surface area contributed by atoms with Crippen LogP contribution < -0.4 is 5.73 Å². The minimum absolute atomic E-state index is 0.297. The van der Waals surface area contributed by atoms with Crippen LogP contribution in [0.4, 0.5) is 0 Å². The van der Waals surface area contributed by atoms with Crippen molar-refractivity contribution >= 4 is 23.2 Å². The van der Waals surface area contributed by atoms with E-state index in [1.165, 1.54) is 16.7 Å². The van der Waals surface area contributed by atoms with E-state index >= 15 is 0 Å². The summed E-state index contributed by atoms with van der Waals surface area (Å²) < 4.78 is 0. The van der Waals surface area contributed by atoms with Crippen LogP contribution in [0.2, 0.25) is 10.0 Å². The fourth-order valence-corrected chi connectivity index (χ4v) is 2.85. The molecule has 1 unspecified atom stereocenters. The molecule has 0 aliphatic carbocycles. The van der Waals surface area contributed by atoms with Crippen molar-refractivity contribution in [1.82, 2.24) is 0 Å². The molecule has 2 rings (SSSR count). The van der Waals surface area contributed by atoms with Crippen LogP contribution in [0.5, 0.6) is 0 Å². The van der Waals surface area contributed by atoms with Gasteiger partial charge in [-0.15, -0.1) is 0 Å². The molecule has 3 heteroatoms. The van der Waals surface area contributed by atoms with Gasteiger partial charge in [-0.1, -0.05) is 58.6 Å². The number of aryl methyl sites for hydroxylation is 2. The minimum Gasteiger partial charge on any atom is -0.330 e. The van der Waals surface area contributed by atoms with Gasteiger partial charge in [-0.2, -0.15) is 0 Å². The predicted octanol–water partition coefficient (Wildman–Crippen LogP) is 4.90. The Kier molecular flexibility index (Phi) is 5.09. The summed E-state index contributed by atoms with van der Waals surface area (Å²) in [6.45, 7) is 4.84. The Balaban J connectivity index is 2.26. The molecular formula is C17H19Cl2N. The summed E-state index contributed by atoms with van der Waals surface area (Å²) in [5, 5.41) is 1.19. The summed E-state index contributed by atoms with van der Waals surface area (Å²) in [5.74, 6) is 0.297. The first-order valence-corrected chi connectivity index (χ1v) is 7.47. The number of halogens is 2. The van der Waals surface area contributed by atoms with Gasteiger partial charge < -0.3 is 5.73 Å². The zero-order valence-electron chi connectivity index (χ0n) is 11.8. The molecule has 2 aromatic rings. The molecule has 0 radical (unpaired) electrons. The van der Waals surface area contributed by atoms with E-state index in [9.17, 15) is 0 Å². The van der Waals surface area contributed by atoms with E-state index in [2.05, 4.69) is 32.0 Å². The Morgan fingerprint density at radius 1 is 0.950 bits per heavy atom. The van der Waals surface area contributed by atoms with Crippen LogP contribution >= 0.6 is 23.2 Å². The molecule has 2 N–H and O–H groups in total. The molecule has 0 amide bonds. The van der Waals surface area contributed by atoms with Gasteiger partial charge in [-0.25, -0.2) is 0 Å². The Morgan fingerprint density at radius 2 is 1.60 bits per heavy atom. The van der Waals surface area contributed by atoms with Gasteiger partial charge in [0.05, 0.1) is 10.0 Å². The zero-order valence-corrected chi connectivity index (χ0v) is 13.3. The molecule has 0 fully saturated rings. The van der Waals surface area contributed by atoms with Gasteiger partial charge >= 0.3 is 0 Å². The Hall–Kier alpha value is -1.02. The summed E-state index contributed by atoms with van der Waals surface area (Å²) in [4.78, 5) is 0. The molecule has 20 heavy (non-hydrogen) atoms. The van der Waals surface area contributed by atoms with Crippen LogP contribution in [-0.2, 0) is 6.42 Å². The first-order valence-electron chi connectivity index (χ1n) is 6.72. The van der Waals surface area contributed by atoms with Gasteiger partial charge in [0.25, 0.3) is 0 Å². The molecule has 0 bridgehead atoms. The SMILES string of the molecule is Cc1cc(C)cc(C(CN)Cc2ccc(Cl)c(Cl)c2)c1. The summed E-state index contributed by atoms with van der Waals surface area (Å²) in [5.41, 5.74) is 11.0. The summed E-state index contributed by atoms with van der Waals surface area (Å²) in [6, 6.07) is 12.4. The highest BCUT2D eigenvalue weighted by molar-refractivity contribution is 6.42. The first-order chi connectivity index (χ1) is 9.49. The molecule has 0 saturated heterocycles. The van der Waals surface area contributed by atoms with Crippen LogP contribution in [-0.4, -0.2) is 6.54 Å². The van der Waals surface area contributed by atoms with Crippen molar-refractivity contribution in [2.24, 2.45) is 5.73 Å². The smallest absolute Gasteiger partial charge is 0.0595 e. The van der Waals surface area contributed by atoms with E-state index < -0.39 is 0 Å². The van der Waals surface area contributed by atoms with E-state index in [1.807, 2.05) is 18.2 Å². The van der Waals surface area contributed by atoms with E-state index in [0.29, 0.717) is 22.5 Å². The lowest BCUT2D eigenvalue weighted by Gasteiger charge is -2.17. The maximum absolute atomic E-state index is 6.07. The van der Waals surface area contributed by atoms with Crippen molar-refractivity contribution in [3.63, 3.8) is 0 Å². The Labute approximate surface area is 130 Å². The number of hydrogen-bond acceptors (Lipinski definition) is 1. The van der Waals surface area contributed by atoms with Crippen molar-refractivity contribution in [2.45, 2.75) is 26.2 Å². The zero-order chi connectivity index (χ0) is 14.7. The van der Waals surface area contributed by atoms with Gasteiger partial charge in [0, 0.05) is 5.92 Å². The fraction of sp³-hybridized carbons (Fsp3) is 0.294. The van der Waals surface area contributed by atoms with E-state index in [0.717, 1.165) is 12.0 Å². The molecule has 0 aliphatic heterocycles. The molecule has 1 atom stereocenters. The highest BCUT2D eigenvalue weighted by atomic mass is 35.5. The maximum Gasteiger partial charge on any atom is 0.0595 e. The highest BCUT2D eigenvalue weighted by Gasteiger charge is 2.12. The molecule has 1 nitrogen and oxygen atoms in total. The molecule has 2 aromatic carbocycles. The summed E-state index contributed by atoms with van der Waals surface area (Å²) in [7, 11) is 0. The summed E-state index contributed by atoms with van der Waals surface area (Å²) in [6.07, 6.45) is 0.871. The van der Waals surface area contributed by atoms with Crippen molar-refractivity contribution in [2.75, 3.05) is 6.54 Å². The van der Waals surface area contributed by atoms with Gasteiger partial charge in [0.2, 0.25) is 0 Å². The third kappa shape index (κ3) is 3.76. The summed E-state index contributed by atoms with van der Waals surface area (Å²) >= 11 is 12.0. The monoisotopic (exact) mass is 307 g/mol. The first kappa shape index (κ1) is 15.4. The third-order valence-electron chi connectivity index (χ3n) is 3.47. The van der Waals surface area contributed by atoms with Crippen LogP contribution in [0.15, 0.2) is 36.4 Å². The highest BCUT2D eigenvalue weighted by Crippen LogP contribution is 2.27. The second kappa shape index (κ2) is 6.62. The van der Waals surface area contributed by atoms with Gasteiger partial charge in [-0.3, -0.25) is 0 Å². The Morgan fingerprint density at radius 3 is 2.15 bits per heavy atom. The van der Waals surface area contributed by atoms with Crippen LogP contribution in [0, 0.1) is 13.8 Å². The largest absolute Gasteiger partial charge is 0.330 e. The quantitative estimate of drug-likeness (QED) is 0.854. The van der Waals surface area contributed by atoms with Crippen LogP contribution in [0.1, 0.15) is 28.2 Å². The molecule has 0 aliphatic rings. The van der Waals surface area contributed by atoms with Gasteiger partial charge in [-0.05, 0) is 50.1 Å². The van der Waals surface area contributed by atoms with E-state index in [-0.39, 0.29) is 0 Å². The molecular weight excluding hydrogens is 289 g/mol. The average molecular weight is 308 g/mol. The standard InChI is InChI=1S/C17H19Cl2N/c1-11-5-12(2)7-14(6-11)15(10-20)8-13-3-4-16(18)17(19)9-13/h3-7,9,15H,8,10,20H2,1-2H3. The molecule has 0 spiro atoms. The van der Waals surface area contributed by atoms with Crippen molar-refractivity contribution in [3.8, 4) is 0 Å². The molecule has 0 aromatic heterocycles. The topological polar surface area (TPSA) is 26.0 Å². The maximum atomic E-state index is 6.07. The van der Waals surface area contributed by atoms with Crippen LogP contribution in [0.25, 0.3) is 0 Å². The lowest BCUT2D eigenvalue weighted by molar-refractivity contribution is 0.693. The normalized spacial score (nSPS) is 12.4. The Bertz CT molecular complexity index is 588. The number of hydrogen-bond donors (Lipinski definition) is 1. The number of rotatable bonds is 4. The second-order valence-electron chi connectivity index (χ2n) is 5.31. The van der Waals surface area contributed by atoms with Crippen molar-refractivity contribution < 1.29 is 0 Å². The molecule has 0 heterocycles. The fourth-order valence-electron chi connectivity index (χ4n) is 2.53. The number of benzene rings is 2. The minimum atomic E-state index is 0.297.